The number of carbonyl (C=O) groups is 5. The van der Waals surface area contributed by atoms with Crippen molar-refractivity contribution in [1.82, 2.24) is 15.5 Å². The fourth-order valence-corrected chi connectivity index (χ4v) is 3.89. The molecule has 1 aliphatic heterocycles. The van der Waals surface area contributed by atoms with Crippen molar-refractivity contribution in [3.63, 3.8) is 0 Å². The lowest BCUT2D eigenvalue weighted by Gasteiger charge is -2.29. The van der Waals surface area contributed by atoms with Gasteiger partial charge in [-0.15, -0.1) is 0 Å². The van der Waals surface area contributed by atoms with Gasteiger partial charge in [0.1, 0.15) is 23.9 Å². The van der Waals surface area contributed by atoms with Crippen LogP contribution in [0.1, 0.15) is 38.2 Å². The number of hydrogen-bond acceptors (Lipinski definition) is 8. The van der Waals surface area contributed by atoms with E-state index in [9.17, 15) is 39.3 Å². The molecule has 1 aromatic rings. The number of likely N-dealkylation sites (tertiary alicyclic amines) is 1. The Balaban J connectivity index is 2.22. The SMILES string of the molecule is CC(O)C(NC(=O)C(N)CCC(=O)O)C(=O)NC(Cc1ccc(O)cc1)C(=O)N1CCCC1C(=O)O. The second kappa shape index (κ2) is 12.8. The summed E-state index contributed by atoms with van der Waals surface area (Å²) in [5.41, 5.74) is 6.24. The molecule has 13 nitrogen and oxygen atoms in total. The van der Waals surface area contributed by atoms with E-state index in [1.165, 1.54) is 36.1 Å². The fraction of sp³-hybridized carbons (Fsp3) is 0.522. The number of carboxylic acid groups (broad SMARTS) is 2. The summed E-state index contributed by atoms with van der Waals surface area (Å²) in [4.78, 5) is 62.2. The van der Waals surface area contributed by atoms with E-state index in [1.54, 1.807) is 0 Å². The van der Waals surface area contributed by atoms with Gasteiger partial charge in [-0.05, 0) is 43.9 Å². The van der Waals surface area contributed by atoms with E-state index in [0.717, 1.165) is 0 Å². The number of hydrogen-bond donors (Lipinski definition) is 7. The van der Waals surface area contributed by atoms with Gasteiger partial charge < -0.3 is 41.7 Å². The molecule has 0 aliphatic carbocycles. The molecule has 0 saturated carbocycles. The molecule has 1 aliphatic rings. The number of aliphatic hydroxyl groups excluding tert-OH is 1. The van der Waals surface area contributed by atoms with Gasteiger partial charge in [0.25, 0.3) is 0 Å². The standard InChI is InChI=1S/C23H32N4O9/c1-12(28)19(26-20(32)15(24)8-9-18(30)31)21(33)25-16(11-13-4-6-14(29)7-5-13)22(34)27-10-2-3-17(27)23(35)36/h4-7,12,15-17,19,28-29H,2-3,8-11,24H2,1H3,(H,25,33)(H,26,32)(H,30,31)(H,35,36). The van der Waals surface area contributed by atoms with Crippen LogP contribution in [0.25, 0.3) is 0 Å². The van der Waals surface area contributed by atoms with Crippen molar-refractivity contribution >= 4 is 29.7 Å². The van der Waals surface area contributed by atoms with Gasteiger partial charge in [0, 0.05) is 19.4 Å². The molecule has 0 radical (unpaired) electrons. The summed E-state index contributed by atoms with van der Waals surface area (Å²) >= 11 is 0. The van der Waals surface area contributed by atoms with Gasteiger partial charge in [0.05, 0.1) is 12.1 Å². The van der Waals surface area contributed by atoms with E-state index < -0.39 is 59.9 Å². The zero-order valence-electron chi connectivity index (χ0n) is 19.8. The van der Waals surface area contributed by atoms with Crippen LogP contribution in [0.2, 0.25) is 0 Å². The van der Waals surface area contributed by atoms with Gasteiger partial charge in [-0.3, -0.25) is 19.2 Å². The van der Waals surface area contributed by atoms with Crippen molar-refractivity contribution < 1.29 is 44.4 Å². The number of carboxylic acids is 2. The van der Waals surface area contributed by atoms with Crippen LogP contribution < -0.4 is 16.4 Å². The monoisotopic (exact) mass is 508 g/mol. The molecule has 1 fully saturated rings. The average molecular weight is 509 g/mol. The van der Waals surface area contributed by atoms with Crippen LogP contribution in [0, 0.1) is 0 Å². The fourth-order valence-electron chi connectivity index (χ4n) is 3.89. The van der Waals surface area contributed by atoms with Crippen LogP contribution in [0.5, 0.6) is 5.75 Å². The van der Waals surface area contributed by atoms with Crippen molar-refractivity contribution in [2.24, 2.45) is 5.73 Å². The molecule has 1 saturated heterocycles. The molecule has 5 unspecified atom stereocenters. The number of rotatable bonds is 12. The quantitative estimate of drug-likeness (QED) is 0.174. The maximum absolute atomic E-state index is 13.3. The van der Waals surface area contributed by atoms with Crippen molar-refractivity contribution in [3.05, 3.63) is 29.8 Å². The molecule has 198 valence electrons. The van der Waals surface area contributed by atoms with Crippen LogP contribution in [0.3, 0.4) is 0 Å². The number of phenols is 1. The van der Waals surface area contributed by atoms with E-state index in [-0.39, 0.29) is 38.0 Å². The number of phenolic OH excluding ortho intramolecular Hbond substituents is 1. The average Bonchev–Trinajstić information content (AvgIpc) is 3.31. The highest BCUT2D eigenvalue weighted by Gasteiger charge is 2.39. The van der Waals surface area contributed by atoms with E-state index in [2.05, 4.69) is 10.6 Å². The van der Waals surface area contributed by atoms with Crippen LogP contribution in [-0.2, 0) is 30.4 Å². The predicted octanol–water partition coefficient (Wildman–Crippen LogP) is -1.45. The molecule has 1 heterocycles. The van der Waals surface area contributed by atoms with Gasteiger partial charge in [-0.25, -0.2) is 4.79 Å². The zero-order valence-corrected chi connectivity index (χ0v) is 19.8. The third-order valence-electron chi connectivity index (χ3n) is 5.88. The summed E-state index contributed by atoms with van der Waals surface area (Å²) in [6.45, 7) is 1.43. The van der Waals surface area contributed by atoms with Crippen LogP contribution >= 0.6 is 0 Å². The first-order valence-electron chi connectivity index (χ1n) is 11.5. The van der Waals surface area contributed by atoms with Gasteiger partial charge in [-0.1, -0.05) is 12.1 Å². The number of aliphatic hydroxyl groups is 1. The number of carbonyl (C=O) groups excluding carboxylic acids is 3. The summed E-state index contributed by atoms with van der Waals surface area (Å²) in [6, 6.07) is 0.823. The van der Waals surface area contributed by atoms with Crippen LogP contribution in [0.4, 0.5) is 0 Å². The van der Waals surface area contributed by atoms with Crippen molar-refractivity contribution in [2.75, 3.05) is 6.54 Å². The molecule has 8 N–H and O–H groups in total. The minimum Gasteiger partial charge on any atom is -0.508 e. The summed E-state index contributed by atoms with van der Waals surface area (Å²) in [6.07, 6.45) is -1.27. The van der Waals surface area contributed by atoms with Gasteiger partial charge in [0.15, 0.2) is 0 Å². The molecule has 0 spiro atoms. The van der Waals surface area contributed by atoms with Gasteiger partial charge in [0.2, 0.25) is 17.7 Å². The van der Waals surface area contributed by atoms with Crippen LogP contribution in [-0.4, -0.2) is 91.8 Å². The highest BCUT2D eigenvalue weighted by atomic mass is 16.4. The number of aromatic hydroxyl groups is 1. The second-order valence-corrected chi connectivity index (χ2v) is 8.73. The molecule has 36 heavy (non-hydrogen) atoms. The summed E-state index contributed by atoms with van der Waals surface area (Å²) < 4.78 is 0. The molecule has 5 atom stereocenters. The molecule has 0 bridgehead atoms. The number of nitrogens with one attached hydrogen (secondary N) is 2. The van der Waals surface area contributed by atoms with Crippen LogP contribution in [0.15, 0.2) is 24.3 Å². The molecular weight excluding hydrogens is 476 g/mol. The third-order valence-corrected chi connectivity index (χ3v) is 5.88. The summed E-state index contributed by atoms with van der Waals surface area (Å²) in [7, 11) is 0. The number of nitrogens with zero attached hydrogens (tertiary/aromatic N) is 1. The molecular formula is C23H32N4O9. The smallest absolute Gasteiger partial charge is 0.326 e. The number of amides is 3. The Hall–Kier alpha value is -3.71. The maximum atomic E-state index is 13.3. The third kappa shape index (κ3) is 7.92. The zero-order chi connectivity index (χ0) is 27.0. The van der Waals surface area contributed by atoms with Gasteiger partial charge >= 0.3 is 11.9 Å². The Morgan fingerprint density at radius 3 is 2.28 bits per heavy atom. The van der Waals surface area contributed by atoms with Crippen molar-refractivity contribution in [3.8, 4) is 5.75 Å². The first-order valence-corrected chi connectivity index (χ1v) is 11.5. The minimum absolute atomic E-state index is 0.00716. The number of aliphatic carboxylic acids is 2. The largest absolute Gasteiger partial charge is 0.508 e. The van der Waals surface area contributed by atoms with Gasteiger partial charge in [-0.2, -0.15) is 0 Å². The molecule has 2 rings (SSSR count). The number of benzene rings is 1. The predicted molar refractivity (Wildman–Crippen MR) is 125 cm³/mol. The Kier molecular flexibility index (Phi) is 10.2. The van der Waals surface area contributed by atoms with Crippen molar-refractivity contribution in [1.29, 1.82) is 0 Å². The second-order valence-electron chi connectivity index (χ2n) is 8.73. The Morgan fingerprint density at radius 2 is 1.72 bits per heavy atom. The maximum Gasteiger partial charge on any atom is 0.326 e. The van der Waals surface area contributed by atoms with E-state index in [0.29, 0.717) is 12.0 Å². The lowest BCUT2D eigenvalue weighted by atomic mass is 10.0. The summed E-state index contributed by atoms with van der Waals surface area (Å²) in [5, 5.41) is 42.6. The lowest BCUT2D eigenvalue weighted by Crippen LogP contribution is -2.60. The Bertz CT molecular complexity index is 967. The van der Waals surface area contributed by atoms with E-state index >= 15 is 0 Å². The molecule has 1 aromatic carbocycles. The Morgan fingerprint density at radius 1 is 1.08 bits per heavy atom. The lowest BCUT2D eigenvalue weighted by molar-refractivity contribution is -0.149. The van der Waals surface area contributed by atoms with Crippen molar-refractivity contribution in [2.45, 2.75) is 69.3 Å². The normalized spacial score (nSPS) is 18.5. The highest BCUT2D eigenvalue weighted by Crippen LogP contribution is 2.20. The number of nitrogens with two attached hydrogens (primary N) is 1. The Labute approximate surface area is 207 Å². The molecule has 13 heteroatoms. The first kappa shape index (κ1) is 28.5. The van der Waals surface area contributed by atoms with E-state index in [1.807, 2.05) is 0 Å². The molecule has 0 aromatic heterocycles. The topological polar surface area (TPSA) is 220 Å². The summed E-state index contributed by atoms with van der Waals surface area (Å²) in [5.74, 6) is -4.74. The molecule has 3 amide bonds. The highest BCUT2D eigenvalue weighted by molar-refractivity contribution is 5.94. The van der Waals surface area contributed by atoms with E-state index in [4.69, 9.17) is 10.8 Å². The first-order chi connectivity index (χ1) is 16.9. The minimum atomic E-state index is -1.52.